The van der Waals surface area contributed by atoms with Crippen molar-refractivity contribution in [3.8, 4) is 22.6 Å². The topological polar surface area (TPSA) is 47.6 Å². The first-order valence-corrected chi connectivity index (χ1v) is 6.90. The van der Waals surface area contributed by atoms with Crippen molar-refractivity contribution in [1.82, 2.24) is 5.32 Å². The summed E-state index contributed by atoms with van der Waals surface area (Å²) in [5.41, 5.74) is 3.26. The molecule has 0 aliphatic carbocycles. The molecule has 1 heterocycles. The van der Waals surface area contributed by atoms with Crippen molar-refractivity contribution in [2.24, 2.45) is 0 Å². The van der Waals surface area contributed by atoms with Crippen LogP contribution in [0.15, 0.2) is 42.5 Å². The van der Waals surface area contributed by atoms with Gasteiger partial charge in [0.15, 0.2) is 11.5 Å². The van der Waals surface area contributed by atoms with Crippen molar-refractivity contribution in [3.63, 3.8) is 0 Å². The molecule has 0 spiro atoms. The van der Waals surface area contributed by atoms with Crippen LogP contribution in [0.3, 0.4) is 0 Å². The highest BCUT2D eigenvalue weighted by Crippen LogP contribution is 2.36. The third-order valence-electron chi connectivity index (χ3n) is 3.54. The van der Waals surface area contributed by atoms with Gasteiger partial charge >= 0.3 is 0 Å². The van der Waals surface area contributed by atoms with Gasteiger partial charge in [0.25, 0.3) is 0 Å². The quantitative estimate of drug-likeness (QED) is 0.940. The van der Waals surface area contributed by atoms with Gasteiger partial charge in [0.2, 0.25) is 12.7 Å². The molecule has 108 valence electrons. The molecule has 0 unspecified atom stereocenters. The molecule has 21 heavy (non-hydrogen) atoms. The van der Waals surface area contributed by atoms with E-state index in [1.807, 2.05) is 49.4 Å². The molecule has 1 N–H and O–H groups in total. The highest BCUT2D eigenvalue weighted by molar-refractivity contribution is 5.73. The summed E-state index contributed by atoms with van der Waals surface area (Å²) in [7, 11) is 0. The molecule has 0 aromatic heterocycles. The standard InChI is InChI=1S/C17H17NO3/c1-11(18-12(2)19)13-3-5-14(6-4-13)15-7-8-16-17(9-15)21-10-20-16/h3-9,11H,10H2,1-2H3,(H,18,19)/t11-/m0/s1. The fraction of sp³-hybridized carbons (Fsp3) is 0.235. The molecule has 0 fully saturated rings. The van der Waals surface area contributed by atoms with Crippen molar-refractivity contribution in [1.29, 1.82) is 0 Å². The molecule has 2 aromatic carbocycles. The number of amides is 1. The Morgan fingerprint density at radius 2 is 1.71 bits per heavy atom. The van der Waals surface area contributed by atoms with Crippen molar-refractivity contribution in [2.45, 2.75) is 19.9 Å². The van der Waals surface area contributed by atoms with E-state index in [0.717, 1.165) is 28.2 Å². The Morgan fingerprint density at radius 1 is 1.05 bits per heavy atom. The normalized spacial score (nSPS) is 13.8. The van der Waals surface area contributed by atoms with Crippen LogP contribution in [0.4, 0.5) is 0 Å². The van der Waals surface area contributed by atoms with Crippen molar-refractivity contribution < 1.29 is 14.3 Å². The zero-order valence-electron chi connectivity index (χ0n) is 12.1. The maximum absolute atomic E-state index is 11.1. The van der Waals surface area contributed by atoms with Crippen LogP contribution in [0.1, 0.15) is 25.5 Å². The molecule has 1 amide bonds. The van der Waals surface area contributed by atoms with Crippen molar-refractivity contribution in [3.05, 3.63) is 48.0 Å². The van der Waals surface area contributed by atoms with E-state index in [9.17, 15) is 4.79 Å². The Kier molecular flexibility index (Phi) is 3.52. The largest absolute Gasteiger partial charge is 0.454 e. The van der Waals surface area contributed by atoms with Crippen LogP contribution in [-0.2, 0) is 4.79 Å². The molecule has 4 heteroatoms. The van der Waals surface area contributed by atoms with E-state index in [1.54, 1.807) is 0 Å². The molecule has 1 atom stereocenters. The first-order valence-electron chi connectivity index (χ1n) is 6.90. The van der Waals surface area contributed by atoms with Gasteiger partial charge in [-0.15, -0.1) is 0 Å². The Labute approximate surface area is 123 Å². The van der Waals surface area contributed by atoms with Gasteiger partial charge < -0.3 is 14.8 Å². The number of benzene rings is 2. The van der Waals surface area contributed by atoms with Crippen molar-refractivity contribution in [2.75, 3.05) is 6.79 Å². The number of fused-ring (bicyclic) bond motifs is 1. The van der Waals surface area contributed by atoms with Crippen LogP contribution in [0, 0.1) is 0 Å². The number of hydrogen-bond acceptors (Lipinski definition) is 3. The SMILES string of the molecule is CC(=O)N[C@@H](C)c1ccc(-c2ccc3c(c2)OCO3)cc1. The molecule has 1 aliphatic heterocycles. The van der Waals surface area contributed by atoms with E-state index < -0.39 is 0 Å². The number of rotatable bonds is 3. The van der Waals surface area contributed by atoms with Crippen LogP contribution in [0.25, 0.3) is 11.1 Å². The molecule has 0 saturated heterocycles. The van der Waals surface area contributed by atoms with Crippen LogP contribution >= 0.6 is 0 Å². The third kappa shape index (κ3) is 2.84. The zero-order chi connectivity index (χ0) is 14.8. The molecule has 4 nitrogen and oxygen atoms in total. The minimum absolute atomic E-state index is 0.00769. The van der Waals surface area contributed by atoms with E-state index in [4.69, 9.17) is 9.47 Å². The van der Waals surface area contributed by atoms with Gasteiger partial charge in [0.1, 0.15) is 0 Å². The van der Waals surface area contributed by atoms with Gasteiger partial charge in [-0.1, -0.05) is 30.3 Å². The molecule has 0 radical (unpaired) electrons. The van der Waals surface area contributed by atoms with Gasteiger partial charge in [0.05, 0.1) is 6.04 Å². The van der Waals surface area contributed by atoms with E-state index in [0.29, 0.717) is 0 Å². The Hall–Kier alpha value is -2.49. The van der Waals surface area contributed by atoms with Crippen LogP contribution in [-0.4, -0.2) is 12.7 Å². The summed E-state index contributed by atoms with van der Waals surface area (Å²) < 4.78 is 10.7. The van der Waals surface area contributed by atoms with E-state index >= 15 is 0 Å². The number of carbonyl (C=O) groups is 1. The smallest absolute Gasteiger partial charge is 0.231 e. The number of carbonyl (C=O) groups excluding carboxylic acids is 1. The Bertz CT molecular complexity index is 664. The minimum atomic E-state index is -0.0256. The number of nitrogens with one attached hydrogen (secondary N) is 1. The summed E-state index contributed by atoms with van der Waals surface area (Å²) in [5.74, 6) is 1.54. The Morgan fingerprint density at radius 3 is 2.43 bits per heavy atom. The summed E-state index contributed by atoms with van der Waals surface area (Å²) in [6.45, 7) is 3.78. The summed E-state index contributed by atoms with van der Waals surface area (Å²) >= 11 is 0. The Balaban J connectivity index is 1.82. The number of hydrogen-bond donors (Lipinski definition) is 1. The fourth-order valence-corrected chi connectivity index (χ4v) is 2.43. The highest BCUT2D eigenvalue weighted by atomic mass is 16.7. The lowest BCUT2D eigenvalue weighted by atomic mass is 10.0. The van der Waals surface area contributed by atoms with E-state index in [1.165, 1.54) is 6.92 Å². The molecule has 0 saturated carbocycles. The van der Waals surface area contributed by atoms with Gasteiger partial charge in [-0.3, -0.25) is 4.79 Å². The average Bonchev–Trinajstić information content (AvgIpc) is 2.94. The summed E-state index contributed by atoms with van der Waals surface area (Å²) in [6, 6.07) is 14.1. The van der Waals surface area contributed by atoms with Gasteiger partial charge in [-0.05, 0) is 35.7 Å². The second-order valence-electron chi connectivity index (χ2n) is 5.11. The van der Waals surface area contributed by atoms with Crippen molar-refractivity contribution >= 4 is 5.91 Å². The average molecular weight is 283 g/mol. The molecule has 0 bridgehead atoms. The van der Waals surface area contributed by atoms with Gasteiger partial charge in [-0.25, -0.2) is 0 Å². The van der Waals surface area contributed by atoms with Gasteiger partial charge in [-0.2, -0.15) is 0 Å². The van der Waals surface area contributed by atoms with Gasteiger partial charge in [0, 0.05) is 6.92 Å². The monoisotopic (exact) mass is 283 g/mol. The van der Waals surface area contributed by atoms with Crippen LogP contribution in [0.5, 0.6) is 11.5 Å². The molecule has 1 aliphatic rings. The molecule has 2 aromatic rings. The predicted octanol–water partition coefficient (Wildman–Crippen LogP) is 3.28. The second kappa shape index (κ2) is 5.48. The zero-order valence-corrected chi connectivity index (χ0v) is 12.1. The highest BCUT2D eigenvalue weighted by Gasteiger charge is 2.14. The van der Waals surface area contributed by atoms with Crippen LogP contribution in [0.2, 0.25) is 0 Å². The molecular formula is C17H17NO3. The molecule has 3 rings (SSSR count). The third-order valence-corrected chi connectivity index (χ3v) is 3.54. The summed E-state index contributed by atoms with van der Waals surface area (Å²) in [4.78, 5) is 11.1. The van der Waals surface area contributed by atoms with Crippen LogP contribution < -0.4 is 14.8 Å². The lowest BCUT2D eigenvalue weighted by Gasteiger charge is -2.13. The fourth-order valence-electron chi connectivity index (χ4n) is 2.43. The molecular weight excluding hydrogens is 266 g/mol. The maximum atomic E-state index is 11.1. The number of ether oxygens (including phenoxy) is 2. The lowest BCUT2D eigenvalue weighted by Crippen LogP contribution is -2.23. The first-order chi connectivity index (χ1) is 10.1. The summed E-state index contributed by atoms with van der Waals surface area (Å²) in [5, 5.41) is 2.88. The predicted molar refractivity (Wildman–Crippen MR) is 80.2 cm³/mol. The van der Waals surface area contributed by atoms with E-state index in [-0.39, 0.29) is 18.7 Å². The summed E-state index contributed by atoms with van der Waals surface area (Å²) in [6.07, 6.45) is 0. The maximum Gasteiger partial charge on any atom is 0.231 e. The van der Waals surface area contributed by atoms with E-state index in [2.05, 4.69) is 5.32 Å². The first kappa shape index (κ1) is 13.5. The second-order valence-corrected chi connectivity index (χ2v) is 5.11. The minimum Gasteiger partial charge on any atom is -0.454 e. The lowest BCUT2D eigenvalue weighted by molar-refractivity contribution is -0.119.